The van der Waals surface area contributed by atoms with Crippen LogP contribution < -0.4 is 0 Å². The Kier molecular flexibility index (Phi) is 2.45. The minimum Gasteiger partial charge on any atom is -0.480 e. The maximum absolute atomic E-state index is 11.0. The third-order valence-corrected chi connectivity index (χ3v) is 1.98. The van der Waals surface area contributed by atoms with Gasteiger partial charge in [0.1, 0.15) is 6.04 Å². The predicted molar refractivity (Wildman–Crippen MR) is 50.6 cm³/mol. The van der Waals surface area contributed by atoms with Crippen LogP contribution in [0.4, 0.5) is 0 Å². The first-order chi connectivity index (χ1) is 5.93. The molecule has 0 aromatic carbocycles. The van der Waals surface area contributed by atoms with Gasteiger partial charge in [0.25, 0.3) is 0 Å². The van der Waals surface area contributed by atoms with Crippen LogP contribution in [0.25, 0.3) is 0 Å². The SMILES string of the molecule is CC(C)(C)[C@H](C(=O)O)n1cccc1. The molecule has 0 bridgehead atoms. The van der Waals surface area contributed by atoms with Crippen LogP contribution in [0.5, 0.6) is 0 Å². The second-order valence-electron chi connectivity index (χ2n) is 4.24. The molecule has 1 atom stereocenters. The van der Waals surface area contributed by atoms with Crippen LogP contribution >= 0.6 is 0 Å². The summed E-state index contributed by atoms with van der Waals surface area (Å²) in [4.78, 5) is 11.0. The molecular formula is C10H15NO2. The highest BCUT2D eigenvalue weighted by molar-refractivity contribution is 5.72. The fourth-order valence-corrected chi connectivity index (χ4v) is 1.47. The minimum atomic E-state index is -0.788. The molecule has 0 fully saturated rings. The van der Waals surface area contributed by atoms with Gasteiger partial charge in [0.05, 0.1) is 0 Å². The molecule has 1 heterocycles. The number of hydrogen-bond donors (Lipinski definition) is 1. The largest absolute Gasteiger partial charge is 0.480 e. The third kappa shape index (κ3) is 2.11. The van der Waals surface area contributed by atoms with Gasteiger partial charge in [-0.3, -0.25) is 0 Å². The summed E-state index contributed by atoms with van der Waals surface area (Å²) in [6, 6.07) is 3.17. The average molecular weight is 181 g/mol. The molecule has 0 unspecified atom stereocenters. The number of carbonyl (C=O) groups is 1. The zero-order valence-corrected chi connectivity index (χ0v) is 8.19. The number of carboxylic acid groups (broad SMARTS) is 1. The number of carboxylic acids is 1. The summed E-state index contributed by atoms with van der Waals surface area (Å²) in [6.07, 6.45) is 3.56. The van der Waals surface area contributed by atoms with E-state index in [1.165, 1.54) is 0 Å². The van der Waals surface area contributed by atoms with Crippen molar-refractivity contribution in [2.24, 2.45) is 5.41 Å². The fourth-order valence-electron chi connectivity index (χ4n) is 1.47. The molecule has 0 amide bonds. The Morgan fingerprint density at radius 2 is 1.77 bits per heavy atom. The van der Waals surface area contributed by atoms with E-state index >= 15 is 0 Å². The van der Waals surface area contributed by atoms with Gasteiger partial charge in [-0.15, -0.1) is 0 Å². The molecule has 0 spiro atoms. The monoisotopic (exact) mass is 181 g/mol. The Balaban J connectivity index is 3.01. The number of aromatic nitrogens is 1. The van der Waals surface area contributed by atoms with Crippen molar-refractivity contribution in [1.82, 2.24) is 4.57 Å². The summed E-state index contributed by atoms with van der Waals surface area (Å²) in [5.74, 6) is -0.788. The van der Waals surface area contributed by atoms with Crippen LogP contribution in [0.2, 0.25) is 0 Å². The number of aliphatic carboxylic acids is 1. The third-order valence-electron chi connectivity index (χ3n) is 1.98. The molecule has 0 saturated heterocycles. The number of nitrogens with zero attached hydrogens (tertiary/aromatic N) is 1. The molecule has 1 aromatic heterocycles. The van der Waals surface area contributed by atoms with Crippen molar-refractivity contribution in [3.8, 4) is 0 Å². The standard InChI is InChI=1S/C10H15NO2/c1-10(2,3)8(9(12)13)11-6-4-5-7-11/h4-8H,1-3H3,(H,12,13)/t8-/m0/s1. The van der Waals surface area contributed by atoms with Crippen molar-refractivity contribution in [1.29, 1.82) is 0 Å². The second-order valence-corrected chi connectivity index (χ2v) is 4.24. The van der Waals surface area contributed by atoms with Crippen LogP contribution in [0.1, 0.15) is 26.8 Å². The topological polar surface area (TPSA) is 42.2 Å². The molecule has 3 heteroatoms. The molecule has 1 aromatic rings. The molecule has 3 nitrogen and oxygen atoms in total. The van der Waals surface area contributed by atoms with E-state index in [0.717, 1.165) is 0 Å². The summed E-state index contributed by atoms with van der Waals surface area (Å²) in [6.45, 7) is 5.77. The molecule has 1 rings (SSSR count). The fraction of sp³-hybridized carbons (Fsp3) is 0.500. The lowest BCUT2D eigenvalue weighted by molar-refractivity contribution is -0.144. The molecule has 72 valence electrons. The van der Waals surface area contributed by atoms with Crippen molar-refractivity contribution in [3.63, 3.8) is 0 Å². The zero-order chi connectivity index (χ0) is 10.1. The van der Waals surface area contributed by atoms with Crippen molar-refractivity contribution in [3.05, 3.63) is 24.5 Å². The van der Waals surface area contributed by atoms with E-state index in [9.17, 15) is 4.79 Å². The lowest BCUT2D eigenvalue weighted by atomic mass is 9.86. The quantitative estimate of drug-likeness (QED) is 0.759. The van der Waals surface area contributed by atoms with Gasteiger partial charge in [0, 0.05) is 12.4 Å². The average Bonchev–Trinajstić information content (AvgIpc) is 2.34. The molecule has 0 aliphatic rings. The molecule has 0 radical (unpaired) electrons. The first kappa shape index (κ1) is 9.84. The number of hydrogen-bond acceptors (Lipinski definition) is 1. The van der Waals surface area contributed by atoms with Crippen molar-refractivity contribution < 1.29 is 9.90 Å². The first-order valence-corrected chi connectivity index (χ1v) is 4.28. The van der Waals surface area contributed by atoms with E-state index < -0.39 is 12.0 Å². The molecule has 13 heavy (non-hydrogen) atoms. The van der Waals surface area contributed by atoms with E-state index in [-0.39, 0.29) is 5.41 Å². The summed E-state index contributed by atoms with van der Waals surface area (Å²) in [5, 5.41) is 9.06. The Labute approximate surface area is 78.0 Å². The van der Waals surface area contributed by atoms with Gasteiger partial charge in [0.15, 0.2) is 0 Å². The van der Waals surface area contributed by atoms with Crippen molar-refractivity contribution in [2.75, 3.05) is 0 Å². The highest BCUT2D eigenvalue weighted by atomic mass is 16.4. The van der Waals surface area contributed by atoms with Crippen LogP contribution in [0.3, 0.4) is 0 Å². The summed E-state index contributed by atoms with van der Waals surface area (Å²) in [5.41, 5.74) is -0.273. The van der Waals surface area contributed by atoms with Gasteiger partial charge < -0.3 is 9.67 Å². The molecule has 0 aliphatic heterocycles. The van der Waals surface area contributed by atoms with E-state index in [4.69, 9.17) is 5.11 Å². The lowest BCUT2D eigenvalue weighted by Gasteiger charge is -2.28. The zero-order valence-electron chi connectivity index (χ0n) is 8.19. The second kappa shape index (κ2) is 3.24. The van der Waals surface area contributed by atoms with Gasteiger partial charge in [-0.2, -0.15) is 0 Å². The van der Waals surface area contributed by atoms with Gasteiger partial charge in [-0.05, 0) is 17.5 Å². The van der Waals surface area contributed by atoms with Gasteiger partial charge in [-0.1, -0.05) is 20.8 Å². The Morgan fingerprint density at radius 3 is 2.08 bits per heavy atom. The summed E-state index contributed by atoms with van der Waals surface area (Å²) < 4.78 is 1.72. The summed E-state index contributed by atoms with van der Waals surface area (Å²) in [7, 11) is 0. The van der Waals surface area contributed by atoms with E-state index in [1.54, 1.807) is 17.0 Å². The molecule has 1 N–H and O–H groups in total. The molecular weight excluding hydrogens is 166 g/mol. The summed E-state index contributed by atoms with van der Waals surface area (Å²) >= 11 is 0. The smallest absolute Gasteiger partial charge is 0.327 e. The maximum Gasteiger partial charge on any atom is 0.327 e. The van der Waals surface area contributed by atoms with Crippen molar-refractivity contribution in [2.45, 2.75) is 26.8 Å². The molecule has 0 aliphatic carbocycles. The normalized spacial score (nSPS) is 14.1. The van der Waals surface area contributed by atoms with Crippen LogP contribution in [0.15, 0.2) is 24.5 Å². The van der Waals surface area contributed by atoms with Gasteiger partial charge in [0.2, 0.25) is 0 Å². The Bertz CT molecular complexity index is 282. The van der Waals surface area contributed by atoms with E-state index in [2.05, 4.69) is 0 Å². The van der Waals surface area contributed by atoms with Gasteiger partial charge in [-0.25, -0.2) is 4.79 Å². The minimum absolute atomic E-state index is 0.273. The first-order valence-electron chi connectivity index (χ1n) is 4.28. The number of rotatable bonds is 2. The lowest BCUT2D eigenvalue weighted by Crippen LogP contribution is -2.30. The predicted octanol–water partition coefficient (Wildman–Crippen LogP) is 2.16. The maximum atomic E-state index is 11.0. The van der Waals surface area contributed by atoms with Gasteiger partial charge >= 0.3 is 5.97 Å². The van der Waals surface area contributed by atoms with E-state index in [0.29, 0.717) is 0 Å². The Hall–Kier alpha value is -1.25. The Morgan fingerprint density at radius 1 is 1.31 bits per heavy atom. The van der Waals surface area contributed by atoms with Crippen LogP contribution in [0, 0.1) is 5.41 Å². The highest BCUT2D eigenvalue weighted by Crippen LogP contribution is 2.30. The van der Waals surface area contributed by atoms with Crippen LogP contribution in [-0.4, -0.2) is 15.6 Å². The highest BCUT2D eigenvalue weighted by Gasteiger charge is 2.31. The van der Waals surface area contributed by atoms with Crippen LogP contribution in [-0.2, 0) is 4.79 Å². The van der Waals surface area contributed by atoms with E-state index in [1.807, 2.05) is 32.9 Å². The van der Waals surface area contributed by atoms with Crippen molar-refractivity contribution >= 4 is 5.97 Å². The molecule has 0 saturated carbocycles.